The van der Waals surface area contributed by atoms with Crippen molar-refractivity contribution in [3.05, 3.63) is 0 Å². The van der Waals surface area contributed by atoms with Crippen LogP contribution in [-0.2, 0) is 19.1 Å². The fourth-order valence-electron chi connectivity index (χ4n) is 1.52. The zero-order valence-electron chi connectivity index (χ0n) is 10.1. The quantitative estimate of drug-likeness (QED) is 0.518. The molecule has 1 rings (SSSR count). The summed E-state index contributed by atoms with van der Waals surface area (Å²) in [4.78, 5) is 35.4. The number of hydrogen-bond donors (Lipinski definition) is 0. The minimum Gasteiger partial charge on any atom is -0.458 e. The van der Waals surface area contributed by atoms with Gasteiger partial charge in [0.15, 0.2) is 0 Å². The molecular weight excluding hydrogens is 210 g/mol. The van der Waals surface area contributed by atoms with Gasteiger partial charge in [0.1, 0.15) is 11.6 Å². The van der Waals surface area contributed by atoms with Crippen LogP contribution in [0.15, 0.2) is 0 Å². The van der Waals surface area contributed by atoms with Crippen LogP contribution in [0.25, 0.3) is 0 Å². The Labute approximate surface area is 94.7 Å². The summed E-state index contributed by atoms with van der Waals surface area (Å²) in [6.45, 7) is 6.73. The van der Waals surface area contributed by atoms with Crippen LogP contribution >= 0.6 is 0 Å². The highest BCUT2D eigenvalue weighted by atomic mass is 16.6. The van der Waals surface area contributed by atoms with Gasteiger partial charge in [-0.25, -0.2) is 4.79 Å². The van der Waals surface area contributed by atoms with Crippen molar-refractivity contribution in [2.45, 2.75) is 52.2 Å². The molecule has 5 heteroatoms. The van der Waals surface area contributed by atoms with Gasteiger partial charge < -0.3 is 4.74 Å². The molecule has 5 nitrogen and oxygen atoms in total. The number of amides is 2. The van der Waals surface area contributed by atoms with Crippen LogP contribution in [-0.4, -0.2) is 34.3 Å². The van der Waals surface area contributed by atoms with Crippen LogP contribution in [0, 0.1) is 0 Å². The van der Waals surface area contributed by atoms with Crippen molar-refractivity contribution < 1.29 is 19.1 Å². The molecule has 1 saturated heterocycles. The maximum absolute atomic E-state index is 11.7. The highest BCUT2D eigenvalue weighted by molar-refractivity contribution is 6.04. The normalized spacial score (nSPS) is 18.9. The van der Waals surface area contributed by atoms with Gasteiger partial charge in [0, 0.05) is 12.8 Å². The molecule has 0 aromatic rings. The van der Waals surface area contributed by atoms with E-state index in [0.717, 1.165) is 4.90 Å². The minimum absolute atomic E-state index is 0.186. The summed E-state index contributed by atoms with van der Waals surface area (Å²) in [7, 11) is 0. The summed E-state index contributed by atoms with van der Waals surface area (Å²) in [6.07, 6.45) is 0.373. The van der Waals surface area contributed by atoms with Gasteiger partial charge in [-0.05, 0) is 27.7 Å². The van der Waals surface area contributed by atoms with E-state index in [1.54, 1.807) is 20.8 Å². The van der Waals surface area contributed by atoms with Crippen LogP contribution in [0.5, 0.6) is 0 Å². The van der Waals surface area contributed by atoms with Gasteiger partial charge in [-0.3, -0.25) is 14.5 Å². The lowest BCUT2D eigenvalue weighted by molar-refractivity contribution is -0.165. The van der Waals surface area contributed by atoms with Crippen molar-refractivity contribution in [3.8, 4) is 0 Å². The number of rotatable bonds is 2. The number of carbonyl (C=O) groups excluding carboxylic acids is 3. The predicted molar refractivity (Wildman–Crippen MR) is 56.4 cm³/mol. The van der Waals surface area contributed by atoms with Crippen molar-refractivity contribution in [3.63, 3.8) is 0 Å². The first-order valence-electron chi connectivity index (χ1n) is 5.30. The second-order valence-electron chi connectivity index (χ2n) is 4.87. The van der Waals surface area contributed by atoms with E-state index in [0.29, 0.717) is 0 Å². The summed E-state index contributed by atoms with van der Waals surface area (Å²) in [5, 5.41) is 0. The van der Waals surface area contributed by atoms with Crippen LogP contribution in [0.3, 0.4) is 0 Å². The van der Waals surface area contributed by atoms with Gasteiger partial charge in [-0.2, -0.15) is 0 Å². The molecule has 1 fully saturated rings. The molecule has 0 radical (unpaired) electrons. The Balaban J connectivity index is 2.70. The maximum Gasteiger partial charge on any atom is 0.329 e. The second-order valence-corrected chi connectivity index (χ2v) is 4.87. The molecule has 0 aromatic heterocycles. The van der Waals surface area contributed by atoms with Crippen molar-refractivity contribution in [1.82, 2.24) is 4.90 Å². The Bertz CT molecular complexity index is 313. The third-order valence-corrected chi connectivity index (χ3v) is 2.23. The maximum atomic E-state index is 11.7. The molecular formula is C11H17NO4. The zero-order chi connectivity index (χ0) is 12.5. The Kier molecular flexibility index (Phi) is 3.35. The van der Waals surface area contributed by atoms with Gasteiger partial charge in [-0.15, -0.1) is 0 Å². The number of nitrogens with zero attached hydrogens (tertiary/aromatic N) is 1. The molecule has 0 spiro atoms. The lowest BCUT2D eigenvalue weighted by Gasteiger charge is -2.26. The number of likely N-dealkylation sites (tertiary alicyclic amines) is 1. The summed E-state index contributed by atoms with van der Waals surface area (Å²) in [5.41, 5.74) is -0.614. The molecule has 0 aliphatic carbocycles. The molecule has 1 aliphatic heterocycles. The molecule has 1 atom stereocenters. The number of esters is 1. The topological polar surface area (TPSA) is 63.7 Å². The highest BCUT2D eigenvalue weighted by Crippen LogP contribution is 2.18. The Morgan fingerprint density at radius 1 is 1.25 bits per heavy atom. The third kappa shape index (κ3) is 2.81. The molecule has 90 valence electrons. The van der Waals surface area contributed by atoms with E-state index in [1.165, 1.54) is 6.92 Å². The molecule has 1 heterocycles. The van der Waals surface area contributed by atoms with E-state index in [2.05, 4.69) is 0 Å². The monoisotopic (exact) mass is 227 g/mol. The van der Waals surface area contributed by atoms with E-state index < -0.39 is 17.6 Å². The minimum atomic E-state index is -0.832. The third-order valence-electron chi connectivity index (χ3n) is 2.23. The van der Waals surface area contributed by atoms with Gasteiger partial charge >= 0.3 is 5.97 Å². The first-order chi connectivity index (χ1) is 7.22. The van der Waals surface area contributed by atoms with E-state index in [4.69, 9.17) is 4.74 Å². The standard InChI is InChI=1S/C11H17NO4/c1-7(10(15)16-11(2,3)4)12-8(13)5-6-9(12)14/h7H,5-6H2,1-4H3. The molecule has 0 saturated carbocycles. The smallest absolute Gasteiger partial charge is 0.329 e. The lowest BCUT2D eigenvalue weighted by atomic mass is 10.2. The lowest BCUT2D eigenvalue weighted by Crippen LogP contribution is -2.45. The van der Waals surface area contributed by atoms with Crippen LogP contribution in [0.4, 0.5) is 0 Å². The Morgan fingerprint density at radius 2 is 1.69 bits per heavy atom. The number of imide groups is 1. The molecule has 16 heavy (non-hydrogen) atoms. The van der Waals surface area contributed by atoms with Gasteiger partial charge in [0.2, 0.25) is 11.8 Å². The summed E-state index contributed by atoms with van der Waals surface area (Å²) < 4.78 is 5.12. The highest BCUT2D eigenvalue weighted by Gasteiger charge is 2.37. The fourth-order valence-corrected chi connectivity index (χ4v) is 1.52. The molecule has 0 aromatic carbocycles. The summed E-state index contributed by atoms with van der Waals surface area (Å²) in [5.74, 6) is -1.15. The summed E-state index contributed by atoms with van der Waals surface area (Å²) in [6, 6.07) is -0.832. The average Bonchev–Trinajstić information content (AvgIpc) is 2.42. The fraction of sp³-hybridized carbons (Fsp3) is 0.727. The molecule has 1 aliphatic rings. The van der Waals surface area contributed by atoms with Crippen LogP contribution < -0.4 is 0 Å². The van der Waals surface area contributed by atoms with Gasteiger partial charge in [0.25, 0.3) is 0 Å². The largest absolute Gasteiger partial charge is 0.458 e. The first-order valence-corrected chi connectivity index (χ1v) is 5.30. The SMILES string of the molecule is CC(C(=O)OC(C)(C)C)N1C(=O)CCC1=O. The average molecular weight is 227 g/mol. The molecule has 0 bridgehead atoms. The molecule has 0 N–H and O–H groups in total. The molecule has 1 unspecified atom stereocenters. The van der Waals surface area contributed by atoms with Gasteiger partial charge in [0.05, 0.1) is 0 Å². The Morgan fingerprint density at radius 3 is 2.06 bits per heavy atom. The zero-order valence-corrected chi connectivity index (χ0v) is 10.1. The van der Waals surface area contributed by atoms with Crippen molar-refractivity contribution in [2.24, 2.45) is 0 Å². The van der Waals surface area contributed by atoms with Gasteiger partial charge in [-0.1, -0.05) is 0 Å². The van der Waals surface area contributed by atoms with Crippen molar-refractivity contribution in [2.75, 3.05) is 0 Å². The first kappa shape index (κ1) is 12.7. The van der Waals surface area contributed by atoms with Crippen molar-refractivity contribution in [1.29, 1.82) is 0 Å². The predicted octanol–water partition coefficient (Wildman–Crippen LogP) is 0.866. The Hall–Kier alpha value is -1.39. The van der Waals surface area contributed by atoms with Crippen LogP contribution in [0.2, 0.25) is 0 Å². The summed E-state index contributed by atoms with van der Waals surface area (Å²) >= 11 is 0. The van der Waals surface area contributed by atoms with Crippen LogP contribution in [0.1, 0.15) is 40.5 Å². The number of carbonyl (C=O) groups is 3. The second kappa shape index (κ2) is 4.23. The number of ether oxygens (including phenoxy) is 1. The van der Waals surface area contributed by atoms with E-state index in [-0.39, 0.29) is 24.7 Å². The van der Waals surface area contributed by atoms with E-state index in [1.807, 2.05) is 0 Å². The van der Waals surface area contributed by atoms with Crippen molar-refractivity contribution >= 4 is 17.8 Å². The van der Waals surface area contributed by atoms with E-state index >= 15 is 0 Å². The number of hydrogen-bond acceptors (Lipinski definition) is 4. The molecule has 2 amide bonds. The van der Waals surface area contributed by atoms with E-state index in [9.17, 15) is 14.4 Å².